The standard InChI is InChI=1S/C14H25BrF4O5Si/c1-6-10(11(12(16)17)22-9-21-8-7-20-2)23-13(14(15,18)19)24-25(3,4)5/h10,13H,6-9H2,1-5H3. The molecule has 5 nitrogen and oxygen atoms in total. The van der Waals surface area contributed by atoms with Gasteiger partial charge in [-0.2, -0.15) is 17.6 Å². The molecule has 0 aliphatic heterocycles. The molecule has 0 bridgehead atoms. The Balaban J connectivity index is 5.05. The Morgan fingerprint density at radius 2 is 1.76 bits per heavy atom. The fourth-order valence-electron chi connectivity index (χ4n) is 1.56. The van der Waals surface area contributed by atoms with Gasteiger partial charge in [0.2, 0.25) is 6.29 Å². The van der Waals surface area contributed by atoms with Crippen LogP contribution in [0, 0.1) is 0 Å². The molecule has 0 radical (unpaired) electrons. The van der Waals surface area contributed by atoms with Crippen molar-refractivity contribution in [3.8, 4) is 0 Å². The molecular weight excluding hydrogens is 432 g/mol. The van der Waals surface area contributed by atoms with E-state index in [0.717, 1.165) is 0 Å². The highest BCUT2D eigenvalue weighted by molar-refractivity contribution is 9.10. The summed E-state index contributed by atoms with van der Waals surface area (Å²) < 4.78 is 78.6. The summed E-state index contributed by atoms with van der Waals surface area (Å²) in [5.41, 5.74) is 0. The molecule has 25 heavy (non-hydrogen) atoms. The van der Waals surface area contributed by atoms with E-state index in [1.54, 1.807) is 19.6 Å². The lowest BCUT2D eigenvalue weighted by Crippen LogP contribution is -2.44. The molecule has 0 rings (SSSR count). The number of halogens is 5. The van der Waals surface area contributed by atoms with Crippen LogP contribution in [0.5, 0.6) is 0 Å². The molecule has 11 heteroatoms. The molecule has 0 aliphatic carbocycles. The van der Waals surface area contributed by atoms with Crippen LogP contribution in [-0.2, 0) is 23.4 Å². The van der Waals surface area contributed by atoms with Crippen molar-refractivity contribution in [3.63, 3.8) is 0 Å². The highest BCUT2D eigenvalue weighted by Crippen LogP contribution is 2.34. The van der Waals surface area contributed by atoms with E-state index in [0.29, 0.717) is 0 Å². The number of alkyl halides is 3. The lowest BCUT2D eigenvalue weighted by Gasteiger charge is -2.32. The summed E-state index contributed by atoms with van der Waals surface area (Å²) in [5.74, 6) is -0.860. The first-order chi connectivity index (χ1) is 11.4. The number of rotatable bonds is 13. The summed E-state index contributed by atoms with van der Waals surface area (Å²) in [7, 11) is -0.975. The summed E-state index contributed by atoms with van der Waals surface area (Å²) in [6.45, 7) is 6.44. The molecule has 0 saturated carbocycles. The van der Waals surface area contributed by atoms with Crippen LogP contribution < -0.4 is 0 Å². The number of hydrogen-bond acceptors (Lipinski definition) is 5. The second-order valence-corrected chi connectivity index (χ2v) is 11.4. The normalized spacial score (nSPS) is 15.0. The Bertz CT molecular complexity index is 411. The molecule has 150 valence electrons. The van der Waals surface area contributed by atoms with E-state index in [9.17, 15) is 17.6 Å². The predicted molar refractivity (Wildman–Crippen MR) is 90.3 cm³/mol. The Morgan fingerprint density at radius 1 is 1.16 bits per heavy atom. The van der Waals surface area contributed by atoms with Crippen LogP contribution in [0.4, 0.5) is 17.6 Å². The van der Waals surface area contributed by atoms with Gasteiger partial charge in [-0.05, 0) is 42.0 Å². The summed E-state index contributed by atoms with van der Waals surface area (Å²) in [4.78, 5) is -3.55. The summed E-state index contributed by atoms with van der Waals surface area (Å²) >= 11 is 2.18. The molecule has 0 amide bonds. The molecule has 0 heterocycles. The van der Waals surface area contributed by atoms with E-state index in [1.165, 1.54) is 14.0 Å². The zero-order chi connectivity index (χ0) is 19.7. The van der Waals surface area contributed by atoms with Crippen molar-refractivity contribution in [2.24, 2.45) is 0 Å². The zero-order valence-corrected chi connectivity index (χ0v) is 17.5. The first kappa shape index (κ1) is 24.8. The van der Waals surface area contributed by atoms with Gasteiger partial charge in [0.05, 0.1) is 13.2 Å². The van der Waals surface area contributed by atoms with Gasteiger partial charge in [0.25, 0.3) is 0 Å². The number of ether oxygens (including phenoxy) is 4. The van der Waals surface area contributed by atoms with E-state index < -0.39 is 44.2 Å². The van der Waals surface area contributed by atoms with Crippen molar-refractivity contribution in [1.29, 1.82) is 0 Å². The summed E-state index contributed by atoms with van der Waals surface area (Å²) in [6, 6.07) is 0. The van der Waals surface area contributed by atoms with Crippen molar-refractivity contribution in [3.05, 3.63) is 11.8 Å². The Hall–Kier alpha value is -0.203. The van der Waals surface area contributed by atoms with Gasteiger partial charge in [-0.1, -0.05) is 6.92 Å². The maximum absolute atomic E-state index is 13.7. The van der Waals surface area contributed by atoms with Gasteiger partial charge in [-0.3, -0.25) is 0 Å². The smallest absolute Gasteiger partial charge is 0.350 e. The van der Waals surface area contributed by atoms with Gasteiger partial charge in [0, 0.05) is 7.11 Å². The average molecular weight is 457 g/mol. The molecule has 0 aliphatic rings. The van der Waals surface area contributed by atoms with Gasteiger partial charge in [0.1, 0.15) is 6.10 Å². The molecule has 2 unspecified atom stereocenters. The monoisotopic (exact) mass is 456 g/mol. The van der Waals surface area contributed by atoms with Crippen molar-refractivity contribution in [2.45, 2.75) is 50.2 Å². The van der Waals surface area contributed by atoms with Crippen LogP contribution in [0.25, 0.3) is 0 Å². The molecular formula is C14H25BrF4O5Si. The minimum atomic E-state index is -3.55. The lowest BCUT2D eigenvalue weighted by atomic mass is 10.2. The van der Waals surface area contributed by atoms with Gasteiger partial charge in [0.15, 0.2) is 20.9 Å². The van der Waals surface area contributed by atoms with E-state index in [4.69, 9.17) is 23.4 Å². The van der Waals surface area contributed by atoms with E-state index in [1.807, 2.05) is 0 Å². The summed E-state index contributed by atoms with van der Waals surface area (Å²) in [6.07, 6.45) is -5.65. The van der Waals surface area contributed by atoms with Crippen LogP contribution in [-0.4, -0.2) is 52.7 Å². The van der Waals surface area contributed by atoms with Gasteiger partial charge in [-0.15, -0.1) is 0 Å². The predicted octanol–water partition coefficient (Wildman–Crippen LogP) is 4.69. The quantitative estimate of drug-likeness (QED) is 0.100. The molecule has 0 saturated heterocycles. The first-order valence-corrected chi connectivity index (χ1v) is 11.8. The van der Waals surface area contributed by atoms with Crippen LogP contribution in [0.1, 0.15) is 13.3 Å². The van der Waals surface area contributed by atoms with Crippen LogP contribution in [0.2, 0.25) is 19.6 Å². The topological polar surface area (TPSA) is 46.2 Å². The number of methoxy groups -OCH3 is 1. The SMILES string of the molecule is CCC(OC(O[Si](C)(C)C)C(F)(F)Br)C(OCOCCOC)=C(F)F. The maximum Gasteiger partial charge on any atom is 0.350 e. The maximum atomic E-state index is 13.7. The van der Waals surface area contributed by atoms with Crippen molar-refractivity contribution >= 4 is 24.2 Å². The minimum Gasteiger partial charge on any atom is -0.463 e. The third-order valence-corrected chi connectivity index (χ3v) is 3.89. The second kappa shape index (κ2) is 11.5. The first-order valence-electron chi connectivity index (χ1n) is 7.57. The van der Waals surface area contributed by atoms with Crippen LogP contribution in [0.15, 0.2) is 11.8 Å². The zero-order valence-electron chi connectivity index (χ0n) is 14.9. The van der Waals surface area contributed by atoms with Crippen molar-refractivity contribution in [2.75, 3.05) is 27.1 Å². The third kappa shape index (κ3) is 11.2. The van der Waals surface area contributed by atoms with E-state index in [2.05, 4.69) is 15.9 Å². The van der Waals surface area contributed by atoms with Crippen LogP contribution in [0.3, 0.4) is 0 Å². The fourth-order valence-corrected chi connectivity index (χ4v) is 2.78. The van der Waals surface area contributed by atoms with Crippen LogP contribution >= 0.6 is 15.9 Å². The molecule has 2 atom stereocenters. The third-order valence-electron chi connectivity index (χ3n) is 2.59. The Kier molecular flexibility index (Phi) is 11.4. The molecule has 0 fully saturated rings. The minimum absolute atomic E-state index is 0.0284. The number of hydrogen-bond donors (Lipinski definition) is 0. The highest BCUT2D eigenvalue weighted by Gasteiger charge is 2.43. The fraction of sp³-hybridized carbons (Fsp3) is 0.857. The Labute approximate surface area is 154 Å². The van der Waals surface area contributed by atoms with Gasteiger partial charge in [-0.25, -0.2) is 0 Å². The van der Waals surface area contributed by atoms with Crippen molar-refractivity contribution < 1.29 is 40.9 Å². The lowest BCUT2D eigenvalue weighted by molar-refractivity contribution is -0.204. The summed E-state index contributed by atoms with van der Waals surface area (Å²) in [5, 5.41) is 0. The van der Waals surface area contributed by atoms with Gasteiger partial charge < -0.3 is 23.4 Å². The Morgan fingerprint density at radius 3 is 2.16 bits per heavy atom. The van der Waals surface area contributed by atoms with Gasteiger partial charge >= 0.3 is 10.9 Å². The molecule has 0 N–H and O–H groups in total. The van der Waals surface area contributed by atoms with E-state index >= 15 is 0 Å². The molecule has 0 aromatic rings. The molecule has 0 aromatic carbocycles. The average Bonchev–Trinajstić information content (AvgIpc) is 2.45. The molecule has 0 aromatic heterocycles. The largest absolute Gasteiger partial charge is 0.463 e. The highest BCUT2D eigenvalue weighted by atomic mass is 79.9. The van der Waals surface area contributed by atoms with Crippen molar-refractivity contribution in [1.82, 2.24) is 0 Å². The second-order valence-electron chi connectivity index (χ2n) is 5.92. The van der Waals surface area contributed by atoms with E-state index in [-0.39, 0.29) is 19.6 Å². The molecule has 0 spiro atoms.